The largest absolute Gasteiger partial charge is 0.299 e. The van der Waals surface area contributed by atoms with Gasteiger partial charge in [-0.05, 0) is 12.3 Å². The smallest absolute Gasteiger partial charge is 0.253 e. The van der Waals surface area contributed by atoms with Crippen molar-refractivity contribution in [2.45, 2.75) is 26.3 Å². The number of hydrogen-bond acceptors (Lipinski definition) is 2. The summed E-state index contributed by atoms with van der Waals surface area (Å²) in [7, 11) is 0. The Balaban J connectivity index is 2.67. The van der Waals surface area contributed by atoms with E-state index in [1.165, 1.54) is 12.3 Å². The Kier molecular flexibility index (Phi) is 4.87. The molecule has 1 unspecified atom stereocenters. The Hall–Kier alpha value is -0.640. The zero-order valence-electron chi connectivity index (χ0n) is 8.32. The van der Waals surface area contributed by atoms with Gasteiger partial charge in [-0.15, -0.1) is 0 Å². The molecule has 0 aliphatic carbocycles. The van der Waals surface area contributed by atoms with Crippen molar-refractivity contribution in [1.29, 1.82) is 0 Å². The zero-order chi connectivity index (χ0) is 10.4. The molecule has 0 spiro atoms. The van der Waals surface area contributed by atoms with Gasteiger partial charge in [0.05, 0.1) is 6.33 Å². The van der Waals surface area contributed by atoms with Crippen molar-refractivity contribution in [2.24, 2.45) is 5.92 Å². The van der Waals surface area contributed by atoms with Crippen LogP contribution >= 0.6 is 15.9 Å². The third-order valence-electron chi connectivity index (χ3n) is 2.16. The van der Waals surface area contributed by atoms with E-state index < -0.39 is 0 Å². The summed E-state index contributed by atoms with van der Waals surface area (Å²) in [5, 5.41) is 0.933. The minimum absolute atomic E-state index is 0.0297. The van der Waals surface area contributed by atoms with Gasteiger partial charge in [-0.3, -0.25) is 9.36 Å². The maximum atomic E-state index is 11.4. The molecule has 1 heterocycles. The second-order valence-electron chi connectivity index (χ2n) is 3.38. The number of hydrogen-bond donors (Lipinski definition) is 0. The number of halogens is 1. The highest BCUT2D eigenvalue weighted by atomic mass is 79.9. The third kappa shape index (κ3) is 3.25. The number of nitrogens with zero attached hydrogens (tertiary/aromatic N) is 2. The lowest BCUT2D eigenvalue weighted by atomic mass is 10.1. The number of alkyl halides is 1. The first-order chi connectivity index (χ1) is 6.77. The first-order valence-electron chi connectivity index (χ1n) is 4.84. The fourth-order valence-electron chi connectivity index (χ4n) is 1.42. The van der Waals surface area contributed by atoms with Crippen LogP contribution in [0.3, 0.4) is 0 Å². The average Bonchev–Trinajstić information content (AvgIpc) is 2.20. The molecule has 1 atom stereocenters. The zero-order valence-corrected chi connectivity index (χ0v) is 9.90. The molecule has 0 aliphatic heterocycles. The summed E-state index contributed by atoms with van der Waals surface area (Å²) in [5.41, 5.74) is 0.0297. The fraction of sp³-hybridized carbons (Fsp3) is 0.600. The molecule has 0 amide bonds. The molecule has 0 bridgehead atoms. The van der Waals surface area contributed by atoms with Crippen molar-refractivity contribution in [3.05, 3.63) is 28.9 Å². The van der Waals surface area contributed by atoms with Crippen LogP contribution in [0, 0.1) is 5.92 Å². The maximum Gasteiger partial charge on any atom is 0.253 e. The molecule has 0 aliphatic rings. The van der Waals surface area contributed by atoms with Gasteiger partial charge in [-0.1, -0.05) is 29.3 Å². The molecule has 0 saturated heterocycles. The van der Waals surface area contributed by atoms with E-state index in [-0.39, 0.29) is 5.56 Å². The SMILES string of the molecule is CCCC(CBr)Cn1cnccc1=O. The first kappa shape index (κ1) is 11.4. The number of rotatable bonds is 5. The van der Waals surface area contributed by atoms with Gasteiger partial charge in [0, 0.05) is 24.1 Å². The second kappa shape index (κ2) is 5.96. The molecule has 1 aromatic rings. The van der Waals surface area contributed by atoms with Gasteiger partial charge in [0.1, 0.15) is 0 Å². The van der Waals surface area contributed by atoms with Crippen LogP contribution in [0.15, 0.2) is 23.4 Å². The summed E-state index contributed by atoms with van der Waals surface area (Å²) in [6.45, 7) is 2.91. The van der Waals surface area contributed by atoms with Crippen LogP contribution in [-0.4, -0.2) is 14.9 Å². The minimum Gasteiger partial charge on any atom is -0.299 e. The Bertz CT molecular complexity index is 324. The van der Waals surface area contributed by atoms with Crippen molar-refractivity contribution >= 4 is 15.9 Å². The van der Waals surface area contributed by atoms with Crippen molar-refractivity contribution < 1.29 is 0 Å². The second-order valence-corrected chi connectivity index (χ2v) is 4.03. The van der Waals surface area contributed by atoms with Gasteiger partial charge in [-0.25, -0.2) is 4.98 Å². The molecular weight excluding hydrogens is 244 g/mol. The summed E-state index contributed by atoms with van der Waals surface area (Å²) < 4.78 is 1.67. The Morgan fingerprint density at radius 2 is 2.43 bits per heavy atom. The standard InChI is InChI=1S/C10H15BrN2O/c1-2-3-9(6-11)7-13-8-12-5-4-10(13)14/h4-5,8-9H,2-3,6-7H2,1H3. The predicted molar refractivity (Wildman–Crippen MR) is 60.7 cm³/mol. The molecule has 0 radical (unpaired) electrons. The van der Waals surface area contributed by atoms with E-state index in [9.17, 15) is 4.79 Å². The van der Waals surface area contributed by atoms with Crippen molar-refractivity contribution in [3.63, 3.8) is 0 Å². The lowest BCUT2D eigenvalue weighted by Gasteiger charge is -2.13. The van der Waals surface area contributed by atoms with Crippen LogP contribution in [0.2, 0.25) is 0 Å². The maximum absolute atomic E-state index is 11.4. The average molecular weight is 259 g/mol. The topological polar surface area (TPSA) is 34.9 Å². The van der Waals surface area contributed by atoms with Crippen molar-refractivity contribution in [1.82, 2.24) is 9.55 Å². The summed E-state index contributed by atoms with van der Waals surface area (Å²) in [4.78, 5) is 15.3. The minimum atomic E-state index is 0.0297. The fourth-order valence-corrected chi connectivity index (χ4v) is 1.95. The molecule has 14 heavy (non-hydrogen) atoms. The monoisotopic (exact) mass is 258 g/mol. The van der Waals surface area contributed by atoms with E-state index in [0.29, 0.717) is 5.92 Å². The Labute approximate surface area is 92.3 Å². The molecule has 4 heteroatoms. The van der Waals surface area contributed by atoms with Crippen LogP contribution < -0.4 is 5.56 Å². The lowest BCUT2D eigenvalue weighted by molar-refractivity contribution is 0.444. The quantitative estimate of drug-likeness (QED) is 0.758. The third-order valence-corrected chi connectivity index (χ3v) is 3.08. The van der Waals surface area contributed by atoms with Gasteiger partial charge < -0.3 is 0 Å². The molecular formula is C10H15BrN2O. The van der Waals surface area contributed by atoms with Crippen LogP contribution in [0.4, 0.5) is 0 Å². The van der Waals surface area contributed by atoms with E-state index in [0.717, 1.165) is 24.7 Å². The highest BCUT2D eigenvalue weighted by Crippen LogP contribution is 2.11. The Morgan fingerprint density at radius 3 is 3.00 bits per heavy atom. The normalized spacial score (nSPS) is 12.7. The van der Waals surface area contributed by atoms with Gasteiger partial charge in [0.15, 0.2) is 0 Å². The first-order valence-corrected chi connectivity index (χ1v) is 5.96. The van der Waals surface area contributed by atoms with Crippen LogP contribution in [0.5, 0.6) is 0 Å². The van der Waals surface area contributed by atoms with Crippen LogP contribution in [-0.2, 0) is 6.54 Å². The van der Waals surface area contributed by atoms with Crippen LogP contribution in [0.25, 0.3) is 0 Å². The van der Waals surface area contributed by atoms with Crippen molar-refractivity contribution in [3.8, 4) is 0 Å². The molecule has 1 rings (SSSR count). The van der Waals surface area contributed by atoms with Gasteiger partial charge in [0.25, 0.3) is 5.56 Å². The molecule has 78 valence electrons. The molecule has 0 aromatic carbocycles. The lowest BCUT2D eigenvalue weighted by Crippen LogP contribution is -2.23. The van der Waals surface area contributed by atoms with Gasteiger partial charge in [0.2, 0.25) is 0 Å². The molecule has 0 fully saturated rings. The summed E-state index contributed by atoms with van der Waals surface area (Å²) >= 11 is 3.46. The molecule has 1 aromatic heterocycles. The van der Waals surface area contributed by atoms with E-state index in [2.05, 4.69) is 27.8 Å². The summed E-state index contributed by atoms with van der Waals surface area (Å²) in [6.07, 6.45) is 5.41. The molecule has 0 saturated carbocycles. The van der Waals surface area contributed by atoms with E-state index in [1.807, 2.05) is 0 Å². The van der Waals surface area contributed by atoms with E-state index >= 15 is 0 Å². The highest BCUT2D eigenvalue weighted by molar-refractivity contribution is 9.09. The number of aromatic nitrogens is 2. The van der Waals surface area contributed by atoms with E-state index in [1.54, 1.807) is 10.9 Å². The van der Waals surface area contributed by atoms with Gasteiger partial charge in [-0.2, -0.15) is 0 Å². The highest BCUT2D eigenvalue weighted by Gasteiger charge is 2.07. The van der Waals surface area contributed by atoms with Crippen LogP contribution in [0.1, 0.15) is 19.8 Å². The summed E-state index contributed by atoms with van der Waals surface area (Å²) in [6, 6.07) is 1.50. The summed E-state index contributed by atoms with van der Waals surface area (Å²) in [5.74, 6) is 0.516. The Morgan fingerprint density at radius 1 is 1.64 bits per heavy atom. The molecule has 3 nitrogen and oxygen atoms in total. The van der Waals surface area contributed by atoms with Gasteiger partial charge >= 0.3 is 0 Å². The van der Waals surface area contributed by atoms with E-state index in [4.69, 9.17) is 0 Å². The van der Waals surface area contributed by atoms with Crippen molar-refractivity contribution in [2.75, 3.05) is 5.33 Å². The predicted octanol–water partition coefficient (Wildman–Crippen LogP) is 2.05. The molecule has 0 N–H and O–H groups in total.